The number of piperidine rings is 1. The molecule has 144 valence electrons. The number of aliphatic hydroxyl groups is 1. The lowest BCUT2D eigenvalue weighted by Gasteiger charge is -2.34. The molecule has 28 heavy (non-hydrogen) atoms. The summed E-state index contributed by atoms with van der Waals surface area (Å²) < 4.78 is 1.54. The number of rotatable bonds is 4. The van der Waals surface area contributed by atoms with Gasteiger partial charge in [0.05, 0.1) is 11.7 Å². The predicted molar refractivity (Wildman–Crippen MR) is 104 cm³/mol. The van der Waals surface area contributed by atoms with Crippen LogP contribution in [0.2, 0.25) is 5.02 Å². The molecule has 3 heterocycles. The number of carbonyl (C=O) groups excluding carboxylic acids is 1. The molecule has 0 bridgehead atoms. The number of amides is 1. The average Bonchev–Trinajstić information content (AvgIpc) is 3.28. The SMILES string of the molecule is O=C(c1ccc(-n2cncn2)nc1)N1CCC(C(O)c2ccc(Cl)cc2)CC1. The number of hydrogen-bond acceptors (Lipinski definition) is 5. The molecule has 1 aliphatic heterocycles. The molecule has 1 saturated heterocycles. The van der Waals surface area contributed by atoms with Crippen LogP contribution in [-0.4, -0.2) is 48.8 Å². The predicted octanol–water partition coefficient (Wildman–Crippen LogP) is 2.90. The van der Waals surface area contributed by atoms with Crippen LogP contribution in [0.1, 0.15) is 34.9 Å². The molecule has 1 unspecified atom stereocenters. The Kier molecular flexibility index (Phi) is 5.36. The van der Waals surface area contributed by atoms with Crippen molar-refractivity contribution in [1.82, 2.24) is 24.6 Å². The van der Waals surface area contributed by atoms with Crippen LogP contribution in [0.25, 0.3) is 5.82 Å². The highest BCUT2D eigenvalue weighted by Gasteiger charge is 2.28. The van der Waals surface area contributed by atoms with Crippen molar-refractivity contribution >= 4 is 17.5 Å². The van der Waals surface area contributed by atoms with E-state index >= 15 is 0 Å². The Bertz CT molecular complexity index is 920. The summed E-state index contributed by atoms with van der Waals surface area (Å²) in [5.41, 5.74) is 1.41. The van der Waals surface area contributed by atoms with Gasteiger partial charge in [-0.15, -0.1) is 0 Å². The molecule has 3 aromatic rings. The molecule has 1 aromatic carbocycles. The first kappa shape index (κ1) is 18.6. The Morgan fingerprint density at radius 1 is 1.14 bits per heavy atom. The Hall–Kier alpha value is -2.77. The molecular formula is C20H20ClN5O2. The Labute approximate surface area is 167 Å². The monoisotopic (exact) mass is 397 g/mol. The summed E-state index contributed by atoms with van der Waals surface area (Å²) in [5.74, 6) is 0.689. The van der Waals surface area contributed by atoms with E-state index in [9.17, 15) is 9.90 Å². The Morgan fingerprint density at radius 2 is 1.89 bits per heavy atom. The van der Waals surface area contributed by atoms with Crippen LogP contribution >= 0.6 is 11.6 Å². The molecule has 1 atom stereocenters. The van der Waals surface area contributed by atoms with E-state index in [-0.39, 0.29) is 11.8 Å². The molecule has 2 aromatic heterocycles. The summed E-state index contributed by atoms with van der Waals surface area (Å²) >= 11 is 5.91. The van der Waals surface area contributed by atoms with Gasteiger partial charge in [-0.1, -0.05) is 23.7 Å². The van der Waals surface area contributed by atoms with Crippen molar-refractivity contribution in [2.24, 2.45) is 5.92 Å². The Balaban J connectivity index is 1.36. The highest BCUT2D eigenvalue weighted by molar-refractivity contribution is 6.30. The topological polar surface area (TPSA) is 84.1 Å². The van der Waals surface area contributed by atoms with Gasteiger partial charge in [0.2, 0.25) is 0 Å². The molecule has 1 fully saturated rings. The first-order chi connectivity index (χ1) is 13.6. The van der Waals surface area contributed by atoms with Crippen molar-refractivity contribution in [3.8, 4) is 5.82 Å². The van der Waals surface area contributed by atoms with Crippen molar-refractivity contribution in [3.05, 3.63) is 71.4 Å². The van der Waals surface area contributed by atoms with Crippen LogP contribution in [0.15, 0.2) is 55.2 Å². The second-order valence-corrected chi connectivity index (χ2v) is 7.31. The van der Waals surface area contributed by atoms with Gasteiger partial charge in [-0.2, -0.15) is 5.10 Å². The molecule has 4 rings (SSSR count). The van der Waals surface area contributed by atoms with Crippen LogP contribution < -0.4 is 0 Å². The smallest absolute Gasteiger partial charge is 0.255 e. The molecule has 1 amide bonds. The third-order valence-corrected chi connectivity index (χ3v) is 5.39. The largest absolute Gasteiger partial charge is 0.388 e. The summed E-state index contributed by atoms with van der Waals surface area (Å²) in [6.07, 6.45) is 5.51. The highest BCUT2D eigenvalue weighted by atomic mass is 35.5. The third-order valence-electron chi connectivity index (χ3n) is 5.13. The van der Waals surface area contributed by atoms with Gasteiger partial charge in [-0.05, 0) is 48.6 Å². The Morgan fingerprint density at radius 3 is 2.50 bits per heavy atom. The number of pyridine rings is 1. The minimum absolute atomic E-state index is 0.0444. The summed E-state index contributed by atoms with van der Waals surface area (Å²) in [4.78, 5) is 22.7. The molecule has 0 spiro atoms. The number of likely N-dealkylation sites (tertiary alicyclic amines) is 1. The standard InChI is InChI=1S/C20H20ClN5O2/c21-17-4-1-14(2-5-17)19(27)15-7-9-25(10-8-15)20(28)16-3-6-18(23-11-16)26-13-22-12-24-26/h1-6,11-13,15,19,27H,7-10H2. The number of benzene rings is 1. The fourth-order valence-corrected chi connectivity index (χ4v) is 3.63. The van der Waals surface area contributed by atoms with Gasteiger partial charge in [-0.3, -0.25) is 4.79 Å². The van der Waals surface area contributed by atoms with E-state index in [1.54, 1.807) is 36.8 Å². The maximum atomic E-state index is 12.8. The van der Waals surface area contributed by atoms with Gasteiger partial charge in [0.15, 0.2) is 5.82 Å². The van der Waals surface area contributed by atoms with Gasteiger partial charge in [0.1, 0.15) is 12.7 Å². The molecule has 7 nitrogen and oxygen atoms in total. The second-order valence-electron chi connectivity index (χ2n) is 6.87. The number of nitrogens with zero attached hydrogens (tertiary/aromatic N) is 5. The summed E-state index contributed by atoms with van der Waals surface area (Å²) in [5, 5.41) is 15.3. The van der Waals surface area contributed by atoms with Crippen LogP contribution in [0.5, 0.6) is 0 Å². The van der Waals surface area contributed by atoms with Crippen molar-refractivity contribution in [1.29, 1.82) is 0 Å². The summed E-state index contributed by atoms with van der Waals surface area (Å²) in [6, 6.07) is 10.8. The maximum Gasteiger partial charge on any atom is 0.255 e. The number of aromatic nitrogens is 4. The van der Waals surface area contributed by atoms with Crippen LogP contribution in [0.3, 0.4) is 0 Å². The zero-order valence-corrected chi connectivity index (χ0v) is 15.9. The number of aliphatic hydroxyl groups excluding tert-OH is 1. The van der Waals surface area contributed by atoms with Crippen molar-refractivity contribution in [2.75, 3.05) is 13.1 Å². The van der Waals surface area contributed by atoms with Crippen LogP contribution in [0.4, 0.5) is 0 Å². The summed E-state index contributed by atoms with van der Waals surface area (Å²) in [6.45, 7) is 1.22. The lowest BCUT2D eigenvalue weighted by molar-refractivity contribution is 0.0462. The number of carbonyl (C=O) groups is 1. The second kappa shape index (κ2) is 8.08. The normalized spacial score (nSPS) is 16.1. The first-order valence-electron chi connectivity index (χ1n) is 9.15. The third kappa shape index (κ3) is 3.90. The lowest BCUT2D eigenvalue weighted by Crippen LogP contribution is -2.39. The minimum atomic E-state index is -0.543. The van der Waals surface area contributed by atoms with Crippen LogP contribution in [-0.2, 0) is 0 Å². The van der Waals surface area contributed by atoms with Gasteiger partial charge in [0, 0.05) is 24.3 Å². The average molecular weight is 398 g/mol. The molecule has 8 heteroatoms. The zero-order chi connectivity index (χ0) is 19.5. The van der Waals surface area contributed by atoms with Crippen LogP contribution in [0, 0.1) is 5.92 Å². The molecule has 1 N–H and O–H groups in total. The summed E-state index contributed by atoms with van der Waals surface area (Å²) in [7, 11) is 0. The molecule has 0 saturated carbocycles. The van der Waals surface area contributed by atoms with E-state index in [1.807, 2.05) is 17.0 Å². The quantitative estimate of drug-likeness (QED) is 0.731. The van der Waals surface area contributed by atoms with Crippen molar-refractivity contribution in [3.63, 3.8) is 0 Å². The van der Waals surface area contributed by atoms with E-state index in [4.69, 9.17) is 11.6 Å². The zero-order valence-electron chi connectivity index (χ0n) is 15.1. The van der Waals surface area contributed by atoms with E-state index in [0.717, 1.165) is 18.4 Å². The van der Waals surface area contributed by atoms with Gasteiger partial charge in [-0.25, -0.2) is 14.6 Å². The van der Waals surface area contributed by atoms with Gasteiger partial charge < -0.3 is 10.0 Å². The van der Waals surface area contributed by atoms with Gasteiger partial charge in [0.25, 0.3) is 5.91 Å². The first-order valence-corrected chi connectivity index (χ1v) is 9.53. The van der Waals surface area contributed by atoms with E-state index < -0.39 is 6.10 Å². The molecule has 1 aliphatic rings. The fraction of sp³-hybridized carbons (Fsp3) is 0.300. The highest BCUT2D eigenvalue weighted by Crippen LogP contribution is 2.31. The van der Waals surface area contributed by atoms with E-state index in [0.29, 0.717) is 29.5 Å². The maximum absolute atomic E-state index is 12.8. The number of halogens is 1. The van der Waals surface area contributed by atoms with E-state index in [2.05, 4.69) is 15.1 Å². The van der Waals surface area contributed by atoms with E-state index in [1.165, 1.54) is 11.0 Å². The molecule has 0 radical (unpaired) electrons. The minimum Gasteiger partial charge on any atom is -0.388 e. The van der Waals surface area contributed by atoms with Gasteiger partial charge >= 0.3 is 0 Å². The molecule has 0 aliphatic carbocycles. The number of hydrogen-bond donors (Lipinski definition) is 1. The fourth-order valence-electron chi connectivity index (χ4n) is 3.51. The molecular weight excluding hydrogens is 378 g/mol. The lowest BCUT2D eigenvalue weighted by atomic mass is 9.87. The van der Waals surface area contributed by atoms with Crippen molar-refractivity contribution in [2.45, 2.75) is 18.9 Å². The van der Waals surface area contributed by atoms with Crippen molar-refractivity contribution < 1.29 is 9.90 Å².